The van der Waals surface area contributed by atoms with Crippen LogP contribution in [0.1, 0.15) is 34.1 Å². The molecule has 2 atom stereocenters. The monoisotopic (exact) mass is 447 g/mol. The summed E-state index contributed by atoms with van der Waals surface area (Å²) in [4.78, 5) is 41.1. The van der Waals surface area contributed by atoms with Gasteiger partial charge in [0, 0.05) is 29.7 Å². The van der Waals surface area contributed by atoms with Gasteiger partial charge in [0.05, 0.1) is 17.5 Å². The second kappa shape index (κ2) is 9.28. The summed E-state index contributed by atoms with van der Waals surface area (Å²) in [7, 11) is 0. The normalized spacial score (nSPS) is 17.8. The number of carbonyl (C=O) groups is 3. The smallest absolute Gasteiger partial charge is 0.407 e. The Hall–Kier alpha value is -3.94. The summed E-state index contributed by atoms with van der Waals surface area (Å²) in [5.74, 6) is -2.53. The number of aryl methyl sites for hydroxylation is 1. The van der Waals surface area contributed by atoms with E-state index in [1.165, 1.54) is 5.56 Å². The van der Waals surface area contributed by atoms with E-state index in [4.69, 9.17) is 5.11 Å². The van der Waals surface area contributed by atoms with Crippen LogP contribution in [0.5, 0.6) is 0 Å². The molecule has 1 aliphatic heterocycles. The maximum Gasteiger partial charge on any atom is 0.407 e. The van der Waals surface area contributed by atoms with Gasteiger partial charge in [0.15, 0.2) is 0 Å². The van der Waals surface area contributed by atoms with Gasteiger partial charge in [-0.05, 0) is 48.2 Å². The van der Waals surface area contributed by atoms with Gasteiger partial charge in [-0.25, -0.2) is 4.79 Å². The van der Waals surface area contributed by atoms with Crippen molar-refractivity contribution in [1.29, 1.82) is 0 Å². The third-order valence-corrected chi connectivity index (χ3v) is 6.05. The van der Waals surface area contributed by atoms with E-state index in [0.717, 1.165) is 33.5 Å². The molecule has 33 heavy (non-hydrogen) atoms. The number of rotatable bonds is 6. The summed E-state index contributed by atoms with van der Waals surface area (Å²) in [5.41, 5.74) is 4.58. The highest BCUT2D eigenvalue weighted by Crippen LogP contribution is 2.22. The van der Waals surface area contributed by atoms with E-state index < -0.39 is 29.9 Å². The largest absolute Gasteiger partial charge is 0.481 e. The number of para-hydroxylation sites is 1. The van der Waals surface area contributed by atoms with Crippen molar-refractivity contribution in [3.05, 3.63) is 77.0 Å². The first-order chi connectivity index (χ1) is 15.9. The number of likely N-dealkylation sites (tertiary alicyclic amines) is 1. The molecular formula is C25H25N3O5. The van der Waals surface area contributed by atoms with E-state index in [2.05, 4.69) is 29.4 Å². The van der Waals surface area contributed by atoms with Crippen LogP contribution in [0.15, 0.2) is 54.6 Å². The molecule has 8 heteroatoms. The minimum atomic E-state index is -1.20. The zero-order chi connectivity index (χ0) is 23.5. The maximum atomic E-state index is 12.7. The molecule has 3 N–H and O–H groups in total. The molecule has 4 rings (SSSR count). The topological polar surface area (TPSA) is 120 Å². The van der Waals surface area contributed by atoms with Crippen LogP contribution in [0.4, 0.5) is 4.79 Å². The van der Waals surface area contributed by atoms with Gasteiger partial charge in [-0.3, -0.25) is 14.6 Å². The number of carboxylic acids is 1. The molecule has 0 saturated carbocycles. The van der Waals surface area contributed by atoms with Crippen molar-refractivity contribution in [3.63, 3.8) is 0 Å². The van der Waals surface area contributed by atoms with Gasteiger partial charge in [0.25, 0.3) is 5.91 Å². The minimum absolute atomic E-state index is 0.0506. The number of carboxylic acid groups (broad SMARTS) is 2. The number of aliphatic carboxylic acids is 1. The van der Waals surface area contributed by atoms with Gasteiger partial charge in [-0.2, -0.15) is 0 Å². The third-order valence-electron chi connectivity index (χ3n) is 6.05. The zero-order valence-electron chi connectivity index (χ0n) is 18.2. The molecule has 8 nitrogen and oxygen atoms in total. The molecule has 0 unspecified atom stereocenters. The van der Waals surface area contributed by atoms with Gasteiger partial charge in [-0.15, -0.1) is 0 Å². The van der Waals surface area contributed by atoms with Crippen molar-refractivity contribution in [2.24, 2.45) is 5.92 Å². The second-order valence-electron chi connectivity index (χ2n) is 8.23. The average Bonchev–Trinajstić information content (AvgIpc) is 3.24. The lowest BCUT2D eigenvalue weighted by molar-refractivity contribution is -0.141. The number of pyridine rings is 1. The molecule has 3 aromatic rings. The Balaban J connectivity index is 1.49. The number of nitrogens with zero attached hydrogens (tertiary/aromatic N) is 2. The zero-order valence-corrected chi connectivity index (χ0v) is 18.2. The molecule has 1 aromatic heterocycles. The lowest BCUT2D eigenvalue weighted by atomic mass is 9.98. The van der Waals surface area contributed by atoms with Crippen LogP contribution >= 0.6 is 0 Å². The standard InChI is InChI=1S/C25H25N3O5/c1-2-18-12-17(19-5-3-4-6-21(19)26-18)11-15-7-9-16(10-8-15)23(29)27-22-14-28(25(32)33)13-20(22)24(30)31/h3-10,12,20,22H,2,11,13-14H2,1H3,(H,27,29)(H,30,31)(H,32,33)/t20-,22+/m0/s1. The summed E-state index contributed by atoms with van der Waals surface area (Å²) in [6.45, 7) is 1.88. The van der Waals surface area contributed by atoms with Crippen molar-refractivity contribution in [2.75, 3.05) is 13.1 Å². The molecule has 170 valence electrons. The van der Waals surface area contributed by atoms with Crippen LogP contribution in [-0.4, -0.2) is 57.2 Å². The highest BCUT2D eigenvalue weighted by atomic mass is 16.4. The molecule has 1 fully saturated rings. The van der Waals surface area contributed by atoms with Crippen molar-refractivity contribution >= 4 is 28.9 Å². The van der Waals surface area contributed by atoms with Gasteiger partial charge < -0.3 is 20.4 Å². The number of aromatic nitrogens is 1. The quantitative estimate of drug-likeness (QED) is 0.534. The predicted octanol–water partition coefficient (Wildman–Crippen LogP) is 3.18. The fourth-order valence-electron chi connectivity index (χ4n) is 4.24. The lowest BCUT2D eigenvalue weighted by Gasteiger charge is -2.16. The number of benzene rings is 2. The Morgan fingerprint density at radius 1 is 1.06 bits per heavy atom. The maximum absolute atomic E-state index is 12.7. The van der Waals surface area contributed by atoms with Crippen LogP contribution in [-0.2, 0) is 17.6 Å². The van der Waals surface area contributed by atoms with Crippen molar-refractivity contribution < 1.29 is 24.6 Å². The summed E-state index contributed by atoms with van der Waals surface area (Å²) in [6.07, 6.45) is 0.335. The summed E-state index contributed by atoms with van der Waals surface area (Å²) in [5, 5.41) is 22.3. The Morgan fingerprint density at radius 3 is 2.45 bits per heavy atom. The number of nitrogens with one attached hydrogen (secondary N) is 1. The molecule has 2 amide bonds. The lowest BCUT2D eigenvalue weighted by Crippen LogP contribution is -2.43. The summed E-state index contributed by atoms with van der Waals surface area (Å²) in [6, 6.07) is 16.5. The van der Waals surface area contributed by atoms with E-state index in [9.17, 15) is 19.5 Å². The molecule has 1 aliphatic rings. The van der Waals surface area contributed by atoms with Crippen molar-refractivity contribution in [3.8, 4) is 0 Å². The second-order valence-corrected chi connectivity index (χ2v) is 8.23. The predicted molar refractivity (Wildman–Crippen MR) is 122 cm³/mol. The number of fused-ring (bicyclic) bond motifs is 1. The Morgan fingerprint density at radius 2 is 1.79 bits per heavy atom. The van der Waals surface area contributed by atoms with Gasteiger partial charge >= 0.3 is 12.1 Å². The molecule has 0 bridgehead atoms. The number of hydrogen-bond donors (Lipinski definition) is 3. The summed E-state index contributed by atoms with van der Waals surface area (Å²) >= 11 is 0. The Kier molecular flexibility index (Phi) is 6.26. The first kappa shape index (κ1) is 22.3. The SMILES string of the molecule is CCc1cc(Cc2ccc(C(=O)N[C@@H]3CN(C(=O)O)C[C@@H]3C(=O)O)cc2)c2ccccc2n1. The molecule has 0 spiro atoms. The highest BCUT2D eigenvalue weighted by Gasteiger charge is 2.40. The minimum Gasteiger partial charge on any atom is -0.481 e. The van der Waals surface area contributed by atoms with Crippen LogP contribution in [0.3, 0.4) is 0 Å². The molecular weight excluding hydrogens is 422 g/mol. The van der Waals surface area contributed by atoms with Gasteiger partial charge in [0.2, 0.25) is 0 Å². The number of carbonyl (C=O) groups excluding carboxylic acids is 1. The molecule has 2 aromatic carbocycles. The van der Waals surface area contributed by atoms with E-state index >= 15 is 0 Å². The van der Waals surface area contributed by atoms with Crippen LogP contribution in [0, 0.1) is 5.92 Å². The fourth-order valence-corrected chi connectivity index (χ4v) is 4.24. The molecule has 2 heterocycles. The highest BCUT2D eigenvalue weighted by molar-refractivity contribution is 5.95. The Bertz CT molecular complexity index is 1210. The van der Waals surface area contributed by atoms with E-state index in [-0.39, 0.29) is 13.1 Å². The van der Waals surface area contributed by atoms with Gasteiger partial charge in [-0.1, -0.05) is 37.3 Å². The van der Waals surface area contributed by atoms with E-state index in [1.807, 2.05) is 30.3 Å². The van der Waals surface area contributed by atoms with Crippen molar-refractivity contribution in [1.82, 2.24) is 15.2 Å². The average molecular weight is 447 g/mol. The van der Waals surface area contributed by atoms with E-state index in [0.29, 0.717) is 12.0 Å². The molecule has 0 aliphatic carbocycles. The molecule has 0 radical (unpaired) electrons. The Labute approximate surface area is 190 Å². The van der Waals surface area contributed by atoms with Gasteiger partial charge in [0.1, 0.15) is 0 Å². The van der Waals surface area contributed by atoms with Crippen LogP contribution < -0.4 is 5.32 Å². The summed E-state index contributed by atoms with van der Waals surface area (Å²) < 4.78 is 0. The number of hydrogen-bond acceptors (Lipinski definition) is 4. The number of amides is 2. The van der Waals surface area contributed by atoms with Crippen LogP contribution in [0.25, 0.3) is 10.9 Å². The molecule has 1 saturated heterocycles. The fraction of sp³-hybridized carbons (Fsp3) is 0.280. The van der Waals surface area contributed by atoms with E-state index in [1.54, 1.807) is 12.1 Å². The van der Waals surface area contributed by atoms with Crippen LogP contribution in [0.2, 0.25) is 0 Å². The first-order valence-corrected chi connectivity index (χ1v) is 10.8. The third kappa shape index (κ3) is 4.79. The first-order valence-electron chi connectivity index (χ1n) is 10.8. The van der Waals surface area contributed by atoms with Crippen molar-refractivity contribution in [2.45, 2.75) is 25.8 Å².